The Hall–Kier alpha value is -2.65. The standard InChI is InChI=1S/C11H16N2O8/c1-5(14)12-7(4-9(17)18)10(19)13-6(11(20)21)2-3-8(15)16/h6-7H,2-4H2,1H3,(H,12,14)(H,13,19)(H,15,16)(H,17,18)(H,20,21)/t6?,7-/m0/s1. The molecule has 0 bridgehead atoms. The Kier molecular flexibility index (Phi) is 7.43. The second kappa shape index (κ2) is 8.51. The average molecular weight is 304 g/mol. The van der Waals surface area contributed by atoms with E-state index in [0.717, 1.165) is 6.92 Å². The summed E-state index contributed by atoms with van der Waals surface area (Å²) in [4.78, 5) is 54.6. The molecule has 10 heteroatoms. The molecule has 0 aliphatic heterocycles. The van der Waals surface area contributed by atoms with Gasteiger partial charge >= 0.3 is 17.9 Å². The second-order valence-corrected chi connectivity index (χ2v) is 4.18. The lowest BCUT2D eigenvalue weighted by atomic mass is 10.1. The van der Waals surface area contributed by atoms with E-state index in [1.54, 1.807) is 0 Å². The summed E-state index contributed by atoms with van der Waals surface area (Å²) >= 11 is 0. The zero-order valence-electron chi connectivity index (χ0n) is 11.2. The van der Waals surface area contributed by atoms with E-state index in [4.69, 9.17) is 15.3 Å². The number of carboxylic acid groups (broad SMARTS) is 3. The van der Waals surface area contributed by atoms with Gasteiger partial charge in [-0.05, 0) is 6.42 Å². The Morgan fingerprint density at radius 2 is 1.48 bits per heavy atom. The predicted molar refractivity (Wildman–Crippen MR) is 66.3 cm³/mol. The Bertz CT molecular complexity index is 432. The Morgan fingerprint density at radius 3 is 1.86 bits per heavy atom. The third-order valence-electron chi connectivity index (χ3n) is 2.33. The molecule has 2 atom stereocenters. The van der Waals surface area contributed by atoms with E-state index in [9.17, 15) is 24.0 Å². The molecule has 0 aliphatic carbocycles. The van der Waals surface area contributed by atoms with Crippen molar-refractivity contribution in [2.75, 3.05) is 0 Å². The summed E-state index contributed by atoms with van der Waals surface area (Å²) in [5, 5.41) is 30.1. The minimum Gasteiger partial charge on any atom is -0.481 e. The van der Waals surface area contributed by atoms with Gasteiger partial charge in [0.1, 0.15) is 12.1 Å². The first-order valence-electron chi connectivity index (χ1n) is 5.87. The van der Waals surface area contributed by atoms with Gasteiger partial charge < -0.3 is 26.0 Å². The molecular formula is C11H16N2O8. The van der Waals surface area contributed by atoms with E-state index in [-0.39, 0.29) is 6.42 Å². The largest absolute Gasteiger partial charge is 0.481 e. The van der Waals surface area contributed by atoms with Crippen LogP contribution in [0, 0.1) is 0 Å². The molecule has 2 amide bonds. The van der Waals surface area contributed by atoms with Gasteiger partial charge in [0.25, 0.3) is 0 Å². The minimum absolute atomic E-state index is 0.365. The van der Waals surface area contributed by atoms with Crippen LogP contribution >= 0.6 is 0 Å². The van der Waals surface area contributed by atoms with Crippen LogP contribution in [0.5, 0.6) is 0 Å². The first-order valence-corrected chi connectivity index (χ1v) is 5.87. The molecule has 5 N–H and O–H groups in total. The van der Waals surface area contributed by atoms with Crippen LogP contribution in [0.3, 0.4) is 0 Å². The Morgan fingerprint density at radius 1 is 0.905 bits per heavy atom. The molecule has 1 unspecified atom stereocenters. The van der Waals surface area contributed by atoms with Gasteiger partial charge in [-0.1, -0.05) is 0 Å². The summed E-state index contributed by atoms with van der Waals surface area (Å²) in [6, 6.07) is -2.93. The van der Waals surface area contributed by atoms with Crippen molar-refractivity contribution in [2.45, 2.75) is 38.3 Å². The van der Waals surface area contributed by atoms with Gasteiger partial charge in [-0.3, -0.25) is 19.2 Å². The molecule has 0 aromatic carbocycles. The van der Waals surface area contributed by atoms with Crippen molar-refractivity contribution >= 4 is 29.7 Å². The van der Waals surface area contributed by atoms with Crippen molar-refractivity contribution in [1.82, 2.24) is 10.6 Å². The molecule has 118 valence electrons. The summed E-state index contributed by atoms with van der Waals surface area (Å²) in [6.45, 7) is 1.07. The highest BCUT2D eigenvalue weighted by molar-refractivity contribution is 5.92. The van der Waals surface area contributed by atoms with Gasteiger partial charge in [0, 0.05) is 13.3 Å². The van der Waals surface area contributed by atoms with Crippen LogP contribution in [0.4, 0.5) is 0 Å². The second-order valence-electron chi connectivity index (χ2n) is 4.18. The molecule has 0 aromatic heterocycles. The van der Waals surface area contributed by atoms with Crippen molar-refractivity contribution < 1.29 is 39.3 Å². The maximum atomic E-state index is 11.8. The SMILES string of the molecule is CC(=O)N[C@@H](CC(=O)O)C(=O)NC(CCC(=O)O)C(=O)O. The van der Waals surface area contributed by atoms with Gasteiger partial charge in [0.15, 0.2) is 0 Å². The van der Waals surface area contributed by atoms with E-state index in [1.165, 1.54) is 0 Å². The van der Waals surface area contributed by atoms with E-state index >= 15 is 0 Å². The molecule has 0 spiro atoms. The highest BCUT2D eigenvalue weighted by Crippen LogP contribution is 2.01. The van der Waals surface area contributed by atoms with Gasteiger partial charge in [-0.15, -0.1) is 0 Å². The summed E-state index contributed by atoms with van der Waals surface area (Å²) in [7, 11) is 0. The maximum Gasteiger partial charge on any atom is 0.326 e. The van der Waals surface area contributed by atoms with E-state index in [1.807, 2.05) is 5.32 Å². The van der Waals surface area contributed by atoms with Gasteiger partial charge in [0.05, 0.1) is 6.42 Å². The molecule has 0 saturated carbocycles. The molecule has 0 fully saturated rings. The fourth-order valence-electron chi connectivity index (χ4n) is 1.43. The molecule has 21 heavy (non-hydrogen) atoms. The molecule has 0 radical (unpaired) electrons. The zero-order valence-corrected chi connectivity index (χ0v) is 11.2. The lowest BCUT2D eigenvalue weighted by Gasteiger charge is -2.19. The highest BCUT2D eigenvalue weighted by Gasteiger charge is 2.27. The van der Waals surface area contributed by atoms with Gasteiger partial charge in [-0.2, -0.15) is 0 Å². The molecule has 0 heterocycles. The van der Waals surface area contributed by atoms with Crippen LogP contribution in [0.15, 0.2) is 0 Å². The van der Waals surface area contributed by atoms with Crippen molar-refractivity contribution in [1.29, 1.82) is 0 Å². The molecule has 0 rings (SSSR count). The number of hydrogen-bond donors (Lipinski definition) is 5. The van der Waals surface area contributed by atoms with Crippen LogP contribution in [-0.2, 0) is 24.0 Å². The number of amides is 2. The number of carbonyl (C=O) groups excluding carboxylic acids is 2. The smallest absolute Gasteiger partial charge is 0.326 e. The maximum absolute atomic E-state index is 11.8. The summed E-state index contributed by atoms with van der Waals surface area (Å²) in [6.07, 6.45) is -1.58. The molecule has 0 aliphatic rings. The van der Waals surface area contributed by atoms with Gasteiger partial charge in [-0.25, -0.2) is 4.79 Å². The quantitative estimate of drug-likeness (QED) is 0.339. The van der Waals surface area contributed by atoms with Gasteiger partial charge in [0.2, 0.25) is 11.8 Å². The van der Waals surface area contributed by atoms with Crippen molar-refractivity contribution in [3.63, 3.8) is 0 Å². The number of hydrogen-bond acceptors (Lipinski definition) is 5. The number of carboxylic acids is 3. The highest BCUT2D eigenvalue weighted by atomic mass is 16.4. The topological polar surface area (TPSA) is 170 Å². The monoisotopic (exact) mass is 304 g/mol. The fourth-order valence-corrected chi connectivity index (χ4v) is 1.43. The molecule has 10 nitrogen and oxygen atoms in total. The average Bonchev–Trinajstić information content (AvgIpc) is 2.31. The number of rotatable bonds is 9. The van der Waals surface area contributed by atoms with Crippen molar-refractivity contribution in [3.05, 3.63) is 0 Å². The number of aliphatic carboxylic acids is 3. The summed E-state index contributed by atoms with van der Waals surface area (Å²) in [5.41, 5.74) is 0. The number of carbonyl (C=O) groups is 5. The van der Waals surface area contributed by atoms with Crippen LogP contribution in [0.1, 0.15) is 26.2 Å². The van der Waals surface area contributed by atoms with Crippen LogP contribution in [0.25, 0.3) is 0 Å². The van der Waals surface area contributed by atoms with Crippen LogP contribution in [0.2, 0.25) is 0 Å². The predicted octanol–water partition coefficient (Wildman–Crippen LogP) is -1.60. The summed E-state index contributed by atoms with van der Waals surface area (Å²) in [5.74, 6) is -5.72. The zero-order chi connectivity index (χ0) is 16.6. The fraction of sp³-hybridized carbons (Fsp3) is 0.545. The third-order valence-corrected chi connectivity index (χ3v) is 2.33. The number of nitrogens with one attached hydrogen (secondary N) is 2. The Balaban J connectivity index is 4.80. The molecular weight excluding hydrogens is 288 g/mol. The minimum atomic E-state index is -1.49. The first kappa shape index (κ1) is 18.4. The lowest BCUT2D eigenvalue weighted by molar-refractivity contribution is -0.144. The van der Waals surface area contributed by atoms with Crippen LogP contribution in [-0.4, -0.2) is 57.1 Å². The molecule has 0 saturated heterocycles. The van der Waals surface area contributed by atoms with Crippen LogP contribution < -0.4 is 10.6 Å². The van der Waals surface area contributed by atoms with Crippen molar-refractivity contribution in [2.24, 2.45) is 0 Å². The Labute approximate surface area is 119 Å². The normalized spacial score (nSPS) is 12.8. The first-order chi connectivity index (χ1) is 9.63. The summed E-state index contributed by atoms with van der Waals surface area (Å²) < 4.78 is 0. The lowest BCUT2D eigenvalue weighted by Crippen LogP contribution is -2.52. The van der Waals surface area contributed by atoms with Crippen molar-refractivity contribution in [3.8, 4) is 0 Å². The van der Waals surface area contributed by atoms with E-state index in [2.05, 4.69) is 5.32 Å². The van der Waals surface area contributed by atoms with E-state index < -0.39 is 54.6 Å². The van der Waals surface area contributed by atoms with E-state index in [0.29, 0.717) is 0 Å². The molecule has 0 aromatic rings. The third kappa shape index (κ3) is 8.18.